The van der Waals surface area contributed by atoms with E-state index >= 15 is 0 Å². The normalized spacial score (nSPS) is 20.3. The highest BCUT2D eigenvalue weighted by Crippen LogP contribution is 2.28. The van der Waals surface area contributed by atoms with Gasteiger partial charge in [-0.2, -0.15) is 4.31 Å². The van der Waals surface area contributed by atoms with Crippen molar-refractivity contribution in [3.05, 3.63) is 45.4 Å². The second-order valence-corrected chi connectivity index (χ2v) is 11.6. The molecule has 5 rings (SSSR count). The van der Waals surface area contributed by atoms with E-state index in [9.17, 15) is 13.2 Å². The summed E-state index contributed by atoms with van der Waals surface area (Å²) in [6.45, 7) is 5.04. The number of nitrogens with zero attached hydrogens (tertiary/aromatic N) is 4. The number of carbonyl (C=O) groups is 1. The van der Waals surface area contributed by atoms with Crippen molar-refractivity contribution in [3.8, 4) is 0 Å². The Bertz CT molecular complexity index is 1030. The molecule has 3 heterocycles. The van der Waals surface area contributed by atoms with Gasteiger partial charge in [0.25, 0.3) is 5.91 Å². The Morgan fingerprint density at radius 2 is 1.65 bits per heavy atom. The van der Waals surface area contributed by atoms with Gasteiger partial charge in [0.05, 0.1) is 17.1 Å². The topological polar surface area (TPSA) is 73.8 Å². The Kier molecular flexibility index (Phi) is 5.85. The maximum atomic E-state index is 12.9. The molecule has 2 fully saturated rings. The molecule has 2 aromatic rings. The number of hydrogen-bond donors (Lipinski definition) is 0. The predicted octanol–water partition coefficient (Wildman–Crippen LogP) is 2.37. The van der Waals surface area contributed by atoms with E-state index in [-0.39, 0.29) is 10.8 Å². The Balaban J connectivity index is 1.17. The van der Waals surface area contributed by atoms with Crippen LogP contribution in [-0.4, -0.2) is 72.7 Å². The monoisotopic (exact) mass is 460 g/mol. The van der Waals surface area contributed by atoms with Crippen molar-refractivity contribution < 1.29 is 13.2 Å². The lowest BCUT2D eigenvalue weighted by Gasteiger charge is -2.34. The number of rotatable bonds is 5. The van der Waals surface area contributed by atoms with Crippen molar-refractivity contribution in [2.75, 3.05) is 39.3 Å². The summed E-state index contributed by atoms with van der Waals surface area (Å²) in [7, 11) is -3.45. The van der Waals surface area contributed by atoms with E-state index in [0.29, 0.717) is 31.7 Å². The average molecular weight is 461 g/mol. The molecule has 0 spiro atoms. The molecule has 2 aliphatic heterocycles. The molecule has 7 nitrogen and oxygen atoms in total. The number of aryl methyl sites for hydroxylation is 2. The van der Waals surface area contributed by atoms with E-state index in [2.05, 4.69) is 4.90 Å². The molecule has 9 heteroatoms. The van der Waals surface area contributed by atoms with Crippen LogP contribution in [0.5, 0.6) is 0 Å². The van der Waals surface area contributed by atoms with Gasteiger partial charge in [0.2, 0.25) is 10.0 Å². The average Bonchev–Trinajstić information content (AvgIpc) is 3.52. The standard InChI is InChI=1S/C22H28N4O3S2/c27-22(17-6-8-18(9-7-17)31(28,29)26-10-1-2-11-26)25-14-12-24(13-15-25)16-21-23-19-4-3-5-20(19)30-21/h6-9H,1-5,10-16H2. The van der Waals surface area contributed by atoms with Gasteiger partial charge in [-0.1, -0.05) is 0 Å². The van der Waals surface area contributed by atoms with Gasteiger partial charge < -0.3 is 4.90 Å². The van der Waals surface area contributed by atoms with E-state index in [1.54, 1.807) is 24.3 Å². The fourth-order valence-electron chi connectivity index (χ4n) is 4.64. The first kappa shape index (κ1) is 21.1. The number of sulfonamides is 1. The summed E-state index contributed by atoms with van der Waals surface area (Å²) in [5.41, 5.74) is 1.84. The van der Waals surface area contributed by atoms with Gasteiger partial charge in [0.15, 0.2) is 0 Å². The zero-order valence-corrected chi connectivity index (χ0v) is 19.3. The number of piperazine rings is 1. The summed E-state index contributed by atoms with van der Waals surface area (Å²) in [4.78, 5) is 23.7. The maximum absolute atomic E-state index is 12.9. The fraction of sp³-hybridized carbons (Fsp3) is 0.545. The zero-order valence-electron chi connectivity index (χ0n) is 17.6. The summed E-state index contributed by atoms with van der Waals surface area (Å²) in [5, 5.41) is 1.19. The predicted molar refractivity (Wildman–Crippen MR) is 120 cm³/mol. The molecule has 1 amide bonds. The minimum Gasteiger partial charge on any atom is -0.336 e. The third-order valence-electron chi connectivity index (χ3n) is 6.46. The highest BCUT2D eigenvalue weighted by Gasteiger charge is 2.28. The molecule has 0 N–H and O–H groups in total. The van der Waals surface area contributed by atoms with Crippen molar-refractivity contribution >= 4 is 27.3 Å². The van der Waals surface area contributed by atoms with Gasteiger partial charge in [-0.3, -0.25) is 9.69 Å². The van der Waals surface area contributed by atoms with E-state index < -0.39 is 10.0 Å². The Hall–Kier alpha value is -1.81. The number of thiazole rings is 1. The molecular weight excluding hydrogens is 432 g/mol. The Morgan fingerprint density at radius 3 is 2.32 bits per heavy atom. The van der Waals surface area contributed by atoms with Gasteiger partial charge in [0.1, 0.15) is 5.01 Å². The second kappa shape index (κ2) is 8.61. The van der Waals surface area contributed by atoms with Crippen molar-refractivity contribution in [2.45, 2.75) is 43.5 Å². The molecule has 0 atom stereocenters. The van der Waals surface area contributed by atoms with Crippen LogP contribution in [0.3, 0.4) is 0 Å². The van der Waals surface area contributed by atoms with Crippen molar-refractivity contribution in [1.29, 1.82) is 0 Å². The van der Waals surface area contributed by atoms with Gasteiger partial charge >= 0.3 is 0 Å². The van der Waals surface area contributed by atoms with Crippen LogP contribution in [0.4, 0.5) is 0 Å². The fourth-order valence-corrected chi connectivity index (χ4v) is 7.36. The van der Waals surface area contributed by atoms with E-state index in [0.717, 1.165) is 38.9 Å². The lowest BCUT2D eigenvalue weighted by Crippen LogP contribution is -2.48. The SMILES string of the molecule is O=C(c1ccc(S(=O)(=O)N2CCCC2)cc1)N1CCN(Cc2nc3c(s2)CCC3)CC1. The molecule has 31 heavy (non-hydrogen) atoms. The van der Waals surface area contributed by atoms with Crippen LogP contribution in [0.2, 0.25) is 0 Å². The van der Waals surface area contributed by atoms with Crippen LogP contribution in [0.15, 0.2) is 29.2 Å². The number of amides is 1. The quantitative estimate of drug-likeness (QED) is 0.685. The third-order valence-corrected chi connectivity index (χ3v) is 9.52. The third kappa shape index (κ3) is 4.28. The molecule has 3 aliphatic rings. The first-order valence-corrected chi connectivity index (χ1v) is 13.4. The smallest absolute Gasteiger partial charge is 0.253 e. The summed E-state index contributed by atoms with van der Waals surface area (Å²) in [6.07, 6.45) is 5.35. The minimum atomic E-state index is -3.45. The summed E-state index contributed by atoms with van der Waals surface area (Å²) < 4.78 is 26.9. The number of carbonyl (C=O) groups excluding carboxylic acids is 1. The molecule has 0 saturated carbocycles. The molecule has 1 aromatic carbocycles. The van der Waals surface area contributed by atoms with E-state index in [1.165, 1.54) is 32.7 Å². The summed E-state index contributed by atoms with van der Waals surface area (Å²) in [6, 6.07) is 6.43. The lowest BCUT2D eigenvalue weighted by atomic mass is 10.2. The molecule has 1 aromatic heterocycles. The molecule has 166 valence electrons. The van der Waals surface area contributed by atoms with Gasteiger partial charge in [-0.25, -0.2) is 13.4 Å². The molecule has 0 bridgehead atoms. The number of aromatic nitrogens is 1. The van der Waals surface area contributed by atoms with E-state index in [4.69, 9.17) is 4.98 Å². The van der Waals surface area contributed by atoms with Crippen LogP contribution in [0.1, 0.15) is 45.2 Å². The van der Waals surface area contributed by atoms with Crippen LogP contribution >= 0.6 is 11.3 Å². The minimum absolute atomic E-state index is 0.0296. The molecule has 1 aliphatic carbocycles. The van der Waals surface area contributed by atoms with Crippen LogP contribution in [0, 0.1) is 0 Å². The largest absolute Gasteiger partial charge is 0.336 e. The molecule has 0 radical (unpaired) electrons. The van der Waals surface area contributed by atoms with Gasteiger partial charge in [-0.05, 0) is 56.4 Å². The highest BCUT2D eigenvalue weighted by molar-refractivity contribution is 7.89. The van der Waals surface area contributed by atoms with Crippen LogP contribution in [-0.2, 0) is 29.4 Å². The lowest BCUT2D eigenvalue weighted by molar-refractivity contribution is 0.0628. The van der Waals surface area contributed by atoms with Crippen LogP contribution in [0.25, 0.3) is 0 Å². The van der Waals surface area contributed by atoms with Crippen molar-refractivity contribution in [1.82, 2.24) is 19.1 Å². The zero-order chi connectivity index (χ0) is 21.4. The number of hydrogen-bond acceptors (Lipinski definition) is 6. The van der Waals surface area contributed by atoms with E-state index in [1.807, 2.05) is 16.2 Å². The Morgan fingerprint density at radius 1 is 0.935 bits per heavy atom. The second-order valence-electron chi connectivity index (χ2n) is 8.53. The maximum Gasteiger partial charge on any atom is 0.253 e. The van der Waals surface area contributed by atoms with Crippen LogP contribution < -0.4 is 0 Å². The first-order valence-electron chi connectivity index (χ1n) is 11.1. The number of fused-ring (bicyclic) bond motifs is 1. The summed E-state index contributed by atoms with van der Waals surface area (Å²) in [5.74, 6) is -0.0296. The molecule has 2 saturated heterocycles. The molecular formula is C22H28N4O3S2. The summed E-state index contributed by atoms with van der Waals surface area (Å²) >= 11 is 1.85. The first-order chi connectivity index (χ1) is 15.0. The molecule has 0 unspecified atom stereocenters. The van der Waals surface area contributed by atoms with Gasteiger partial charge in [0, 0.05) is 49.7 Å². The van der Waals surface area contributed by atoms with Gasteiger partial charge in [-0.15, -0.1) is 11.3 Å². The highest BCUT2D eigenvalue weighted by atomic mass is 32.2. The van der Waals surface area contributed by atoms with Crippen molar-refractivity contribution in [2.24, 2.45) is 0 Å². The Labute approximate surface area is 187 Å². The number of benzene rings is 1. The van der Waals surface area contributed by atoms with Crippen molar-refractivity contribution in [3.63, 3.8) is 0 Å².